The molecule has 2 amide bonds. The monoisotopic (exact) mass is 362 g/mol. The standard InChI is InChI=1S/C17H15ClN2O5/c18-14-7-5-12(6-8-14)16(23)20-19-15(22)10-25-17(24)13-3-1-11(9-21)2-4-13/h1-8,21H,9-10H2,(H,19,22)(H,20,23). The highest BCUT2D eigenvalue weighted by Crippen LogP contribution is 2.09. The second-order valence-corrected chi connectivity index (χ2v) is 5.38. The first-order valence-electron chi connectivity index (χ1n) is 7.21. The molecule has 0 saturated heterocycles. The van der Waals surface area contributed by atoms with Crippen molar-refractivity contribution in [2.24, 2.45) is 0 Å². The first-order chi connectivity index (χ1) is 12.0. The molecule has 3 N–H and O–H groups in total. The van der Waals surface area contributed by atoms with Crippen LogP contribution >= 0.6 is 11.6 Å². The molecule has 0 aromatic heterocycles. The number of hydrogen-bond donors (Lipinski definition) is 3. The number of carbonyl (C=O) groups is 3. The number of carbonyl (C=O) groups excluding carboxylic acids is 3. The molecule has 0 heterocycles. The van der Waals surface area contributed by atoms with Gasteiger partial charge in [-0.15, -0.1) is 0 Å². The van der Waals surface area contributed by atoms with Gasteiger partial charge < -0.3 is 9.84 Å². The van der Waals surface area contributed by atoms with Gasteiger partial charge in [0.15, 0.2) is 6.61 Å². The number of aliphatic hydroxyl groups is 1. The number of ether oxygens (including phenoxy) is 1. The molecule has 0 bridgehead atoms. The summed E-state index contributed by atoms with van der Waals surface area (Å²) in [5, 5.41) is 9.42. The van der Waals surface area contributed by atoms with Gasteiger partial charge in [0.2, 0.25) is 0 Å². The Bertz CT molecular complexity index is 760. The van der Waals surface area contributed by atoms with Gasteiger partial charge in [0, 0.05) is 10.6 Å². The smallest absolute Gasteiger partial charge is 0.338 e. The van der Waals surface area contributed by atoms with Gasteiger partial charge in [-0.1, -0.05) is 23.7 Å². The molecule has 2 rings (SSSR count). The van der Waals surface area contributed by atoms with Crippen LogP contribution in [0.2, 0.25) is 5.02 Å². The molecule has 0 aliphatic heterocycles. The number of esters is 1. The van der Waals surface area contributed by atoms with Crippen molar-refractivity contribution in [1.82, 2.24) is 10.9 Å². The second-order valence-electron chi connectivity index (χ2n) is 4.94. The molecule has 0 aliphatic rings. The normalized spacial score (nSPS) is 10.0. The maximum absolute atomic E-state index is 11.8. The Kier molecular flexibility index (Phi) is 6.50. The summed E-state index contributed by atoms with van der Waals surface area (Å²) in [6.07, 6.45) is 0. The van der Waals surface area contributed by atoms with E-state index in [1.807, 2.05) is 0 Å². The zero-order chi connectivity index (χ0) is 18.2. The van der Waals surface area contributed by atoms with Crippen molar-refractivity contribution in [1.29, 1.82) is 0 Å². The van der Waals surface area contributed by atoms with E-state index in [2.05, 4.69) is 10.9 Å². The summed E-state index contributed by atoms with van der Waals surface area (Å²) in [5.41, 5.74) is 5.54. The molecule has 0 saturated carbocycles. The van der Waals surface area contributed by atoms with Gasteiger partial charge in [-0.25, -0.2) is 4.79 Å². The lowest BCUT2D eigenvalue weighted by Crippen LogP contribution is -2.43. The van der Waals surface area contributed by atoms with Gasteiger partial charge in [0.1, 0.15) is 0 Å². The summed E-state index contributed by atoms with van der Waals surface area (Å²) in [7, 11) is 0. The molecule has 0 fully saturated rings. The lowest BCUT2D eigenvalue weighted by atomic mass is 10.1. The van der Waals surface area contributed by atoms with Gasteiger partial charge in [-0.3, -0.25) is 20.4 Å². The maximum atomic E-state index is 11.8. The molecule has 8 heteroatoms. The molecule has 130 valence electrons. The molecule has 0 radical (unpaired) electrons. The lowest BCUT2D eigenvalue weighted by Gasteiger charge is -2.08. The highest BCUT2D eigenvalue weighted by molar-refractivity contribution is 6.30. The molecule has 0 unspecified atom stereocenters. The van der Waals surface area contributed by atoms with Crippen LogP contribution in [-0.2, 0) is 16.1 Å². The minimum atomic E-state index is -0.692. The van der Waals surface area contributed by atoms with Crippen molar-refractivity contribution in [3.63, 3.8) is 0 Å². The number of aliphatic hydroxyl groups excluding tert-OH is 1. The molecule has 0 spiro atoms. The fourth-order valence-electron chi connectivity index (χ4n) is 1.80. The van der Waals surface area contributed by atoms with Crippen LogP contribution in [0.5, 0.6) is 0 Å². The van der Waals surface area contributed by atoms with Crippen LogP contribution in [-0.4, -0.2) is 29.5 Å². The predicted molar refractivity (Wildman–Crippen MR) is 89.7 cm³/mol. The Hall–Kier alpha value is -2.90. The predicted octanol–water partition coefficient (Wildman–Crippen LogP) is 1.45. The quantitative estimate of drug-likeness (QED) is 0.551. The van der Waals surface area contributed by atoms with Crippen molar-refractivity contribution >= 4 is 29.4 Å². The van der Waals surface area contributed by atoms with E-state index >= 15 is 0 Å². The van der Waals surface area contributed by atoms with Gasteiger partial charge in [-0.2, -0.15) is 0 Å². The average molecular weight is 363 g/mol. The first-order valence-corrected chi connectivity index (χ1v) is 7.59. The van der Waals surface area contributed by atoms with E-state index in [0.29, 0.717) is 16.1 Å². The van der Waals surface area contributed by atoms with Crippen LogP contribution in [0.1, 0.15) is 26.3 Å². The number of amides is 2. The van der Waals surface area contributed by atoms with E-state index in [1.54, 1.807) is 24.3 Å². The van der Waals surface area contributed by atoms with E-state index in [1.165, 1.54) is 24.3 Å². The Morgan fingerprint density at radius 2 is 1.52 bits per heavy atom. The average Bonchev–Trinajstić information content (AvgIpc) is 2.64. The molecular formula is C17H15ClN2O5. The molecular weight excluding hydrogens is 348 g/mol. The zero-order valence-corrected chi connectivity index (χ0v) is 13.7. The minimum Gasteiger partial charge on any atom is -0.452 e. The van der Waals surface area contributed by atoms with E-state index in [4.69, 9.17) is 21.4 Å². The molecule has 2 aromatic carbocycles. The van der Waals surface area contributed by atoms with Crippen LogP contribution in [0.4, 0.5) is 0 Å². The summed E-state index contributed by atoms with van der Waals surface area (Å²) in [6, 6.07) is 12.2. The van der Waals surface area contributed by atoms with Gasteiger partial charge in [0.25, 0.3) is 11.8 Å². The highest BCUT2D eigenvalue weighted by Gasteiger charge is 2.11. The third kappa shape index (κ3) is 5.59. The topological polar surface area (TPSA) is 105 Å². The SMILES string of the molecule is O=C(COC(=O)c1ccc(CO)cc1)NNC(=O)c1ccc(Cl)cc1. The summed E-state index contributed by atoms with van der Waals surface area (Å²) in [5.74, 6) is -1.91. The van der Waals surface area contributed by atoms with Crippen molar-refractivity contribution in [3.05, 3.63) is 70.2 Å². The third-order valence-corrected chi connectivity index (χ3v) is 3.38. The lowest BCUT2D eigenvalue weighted by molar-refractivity contribution is -0.125. The second kappa shape index (κ2) is 8.81. The Labute approximate surface area is 148 Å². The van der Waals surface area contributed by atoms with Crippen molar-refractivity contribution in [3.8, 4) is 0 Å². The first kappa shape index (κ1) is 18.4. The van der Waals surface area contributed by atoms with Crippen LogP contribution in [0.25, 0.3) is 0 Å². The van der Waals surface area contributed by atoms with Gasteiger partial charge >= 0.3 is 5.97 Å². The fraction of sp³-hybridized carbons (Fsp3) is 0.118. The maximum Gasteiger partial charge on any atom is 0.338 e. The molecule has 0 atom stereocenters. The van der Waals surface area contributed by atoms with E-state index in [9.17, 15) is 14.4 Å². The van der Waals surface area contributed by atoms with E-state index in [0.717, 1.165) is 0 Å². The van der Waals surface area contributed by atoms with E-state index < -0.39 is 24.4 Å². The Morgan fingerprint density at radius 1 is 0.920 bits per heavy atom. The number of rotatable bonds is 5. The van der Waals surface area contributed by atoms with Crippen LogP contribution in [0.15, 0.2) is 48.5 Å². The number of nitrogens with one attached hydrogen (secondary N) is 2. The summed E-state index contributed by atoms with van der Waals surface area (Å²) >= 11 is 5.72. The minimum absolute atomic E-state index is 0.134. The summed E-state index contributed by atoms with van der Waals surface area (Å²) in [6.45, 7) is -0.688. The number of hydrogen-bond acceptors (Lipinski definition) is 5. The Balaban J connectivity index is 1.77. The molecule has 0 aliphatic carbocycles. The highest BCUT2D eigenvalue weighted by atomic mass is 35.5. The summed E-state index contributed by atoms with van der Waals surface area (Å²) in [4.78, 5) is 35.2. The number of halogens is 1. The van der Waals surface area contributed by atoms with E-state index in [-0.39, 0.29) is 12.2 Å². The third-order valence-electron chi connectivity index (χ3n) is 3.13. The molecule has 25 heavy (non-hydrogen) atoms. The Morgan fingerprint density at radius 3 is 2.12 bits per heavy atom. The zero-order valence-electron chi connectivity index (χ0n) is 13.0. The van der Waals surface area contributed by atoms with Crippen molar-refractivity contribution in [2.75, 3.05) is 6.61 Å². The van der Waals surface area contributed by atoms with Crippen molar-refractivity contribution < 1.29 is 24.2 Å². The van der Waals surface area contributed by atoms with Crippen molar-refractivity contribution in [2.45, 2.75) is 6.61 Å². The van der Waals surface area contributed by atoms with Gasteiger partial charge in [0.05, 0.1) is 12.2 Å². The molecule has 2 aromatic rings. The number of benzene rings is 2. The largest absolute Gasteiger partial charge is 0.452 e. The fourth-order valence-corrected chi connectivity index (χ4v) is 1.92. The van der Waals surface area contributed by atoms with Gasteiger partial charge in [-0.05, 0) is 42.0 Å². The number of hydrazine groups is 1. The summed E-state index contributed by atoms with van der Waals surface area (Å²) < 4.78 is 4.83. The van der Waals surface area contributed by atoms with Crippen LogP contribution in [0, 0.1) is 0 Å². The molecule has 7 nitrogen and oxygen atoms in total. The van der Waals surface area contributed by atoms with Crippen LogP contribution < -0.4 is 10.9 Å². The van der Waals surface area contributed by atoms with Crippen LogP contribution in [0.3, 0.4) is 0 Å².